The van der Waals surface area contributed by atoms with Crippen LogP contribution in [0.2, 0.25) is 0 Å². The quantitative estimate of drug-likeness (QED) is 0.302. The Morgan fingerprint density at radius 1 is 1.00 bits per heavy atom. The molecular weight excluding hydrogens is 420 g/mol. The molecule has 7 heteroatoms. The Hall–Kier alpha value is -4.39. The number of carbonyl (C=O) groups is 3. The summed E-state index contributed by atoms with van der Waals surface area (Å²) in [5.41, 5.74) is 4.45. The average Bonchev–Trinajstić information content (AvgIpc) is 3.05. The molecule has 1 saturated heterocycles. The molecule has 0 saturated carbocycles. The summed E-state index contributed by atoms with van der Waals surface area (Å²) in [6.45, 7) is 3.97. The molecule has 1 fully saturated rings. The third kappa shape index (κ3) is 4.34. The zero-order chi connectivity index (χ0) is 23.7. The van der Waals surface area contributed by atoms with Gasteiger partial charge in [-0.05, 0) is 43.7 Å². The van der Waals surface area contributed by atoms with Crippen LogP contribution in [-0.4, -0.2) is 28.0 Å². The molecule has 0 radical (unpaired) electrons. The number of aromatic hydroxyl groups is 1. The lowest BCUT2D eigenvalue weighted by Crippen LogP contribution is -2.29. The Balaban J connectivity index is 1.60. The Labute approximate surface area is 190 Å². The summed E-state index contributed by atoms with van der Waals surface area (Å²) in [4.78, 5) is 37.5. The van der Waals surface area contributed by atoms with Gasteiger partial charge in [0.15, 0.2) is 0 Å². The number of imide groups is 1. The Bertz CT molecular complexity index is 1310. The maximum absolute atomic E-state index is 12.9. The van der Waals surface area contributed by atoms with Crippen molar-refractivity contribution in [2.45, 2.75) is 20.3 Å². The average molecular weight is 442 g/mol. The van der Waals surface area contributed by atoms with Crippen molar-refractivity contribution < 1.29 is 24.6 Å². The van der Waals surface area contributed by atoms with Crippen molar-refractivity contribution in [1.29, 1.82) is 0 Å². The second-order valence-electron chi connectivity index (χ2n) is 7.96. The summed E-state index contributed by atoms with van der Waals surface area (Å²) < 4.78 is 0. The van der Waals surface area contributed by atoms with E-state index >= 15 is 0 Å². The number of aromatic carboxylic acids is 1. The van der Waals surface area contributed by atoms with Crippen LogP contribution >= 0.6 is 0 Å². The Kier molecular flexibility index (Phi) is 5.70. The van der Waals surface area contributed by atoms with E-state index in [0.717, 1.165) is 21.6 Å². The van der Waals surface area contributed by atoms with Crippen LogP contribution in [-0.2, 0) is 9.59 Å². The number of nitrogens with one attached hydrogen (secondary N) is 1. The van der Waals surface area contributed by atoms with Gasteiger partial charge < -0.3 is 15.5 Å². The van der Waals surface area contributed by atoms with Crippen LogP contribution in [0.15, 0.2) is 72.4 Å². The Morgan fingerprint density at radius 2 is 1.70 bits per heavy atom. The molecule has 1 aliphatic rings. The number of para-hydroxylation sites is 1. The fourth-order valence-electron chi connectivity index (χ4n) is 3.91. The molecule has 3 N–H and O–H groups in total. The van der Waals surface area contributed by atoms with Crippen molar-refractivity contribution in [3.05, 3.63) is 89.1 Å². The first-order chi connectivity index (χ1) is 15.7. The van der Waals surface area contributed by atoms with E-state index in [9.17, 15) is 24.6 Å². The first-order valence-electron chi connectivity index (χ1n) is 10.3. The number of amides is 2. The topological polar surface area (TPSA) is 107 Å². The molecule has 1 aliphatic heterocycles. The minimum atomic E-state index is -1.15. The summed E-state index contributed by atoms with van der Waals surface area (Å²) in [5, 5.41) is 22.9. The highest BCUT2D eigenvalue weighted by molar-refractivity contribution is 6.28. The zero-order valence-corrected chi connectivity index (χ0v) is 18.1. The van der Waals surface area contributed by atoms with Crippen molar-refractivity contribution in [2.75, 3.05) is 10.2 Å². The third-order valence-corrected chi connectivity index (χ3v) is 5.39. The monoisotopic (exact) mass is 442 g/mol. The number of hydrogen-bond donors (Lipinski definition) is 3. The predicted octanol–water partition coefficient (Wildman–Crippen LogP) is 4.63. The fraction of sp³-hybridized carbons (Fsp3) is 0.115. The lowest BCUT2D eigenvalue weighted by atomic mass is 9.99. The van der Waals surface area contributed by atoms with E-state index in [1.54, 1.807) is 12.1 Å². The van der Waals surface area contributed by atoms with Crippen LogP contribution in [0.1, 0.15) is 27.9 Å². The van der Waals surface area contributed by atoms with E-state index in [0.29, 0.717) is 11.3 Å². The molecule has 0 atom stereocenters. The van der Waals surface area contributed by atoms with Gasteiger partial charge in [0.25, 0.3) is 5.91 Å². The SMILES string of the molecule is Cc1cc(C)cc(-c2cccc(N/C=C3\CC(=O)N(c4cccc(C(=O)O)c4)C3=O)c2O)c1. The van der Waals surface area contributed by atoms with Crippen LogP contribution in [0, 0.1) is 13.8 Å². The van der Waals surface area contributed by atoms with Crippen LogP contribution in [0.25, 0.3) is 11.1 Å². The van der Waals surface area contributed by atoms with Crippen molar-refractivity contribution in [2.24, 2.45) is 0 Å². The number of phenolic OH excluding ortho intramolecular Hbond substituents is 1. The number of carboxylic acid groups (broad SMARTS) is 1. The molecule has 3 aromatic carbocycles. The minimum Gasteiger partial charge on any atom is -0.505 e. The highest BCUT2D eigenvalue weighted by Gasteiger charge is 2.35. The normalized spacial score (nSPS) is 14.7. The first-order valence-corrected chi connectivity index (χ1v) is 10.3. The van der Waals surface area contributed by atoms with Crippen molar-refractivity contribution >= 4 is 29.2 Å². The molecule has 0 aliphatic carbocycles. The van der Waals surface area contributed by atoms with Crippen LogP contribution < -0.4 is 10.2 Å². The minimum absolute atomic E-state index is 0.0169. The Morgan fingerprint density at radius 3 is 2.39 bits per heavy atom. The van der Waals surface area contributed by atoms with E-state index in [1.165, 1.54) is 30.5 Å². The van der Waals surface area contributed by atoms with Gasteiger partial charge in [-0.15, -0.1) is 0 Å². The number of rotatable bonds is 5. The van der Waals surface area contributed by atoms with Gasteiger partial charge in [0.05, 0.1) is 23.4 Å². The first kappa shape index (κ1) is 21.8. The molecule has 0 aromatic heterocycles. The van der Waals surface area contributed by atoms with Crippen molar-refractivity contribution in [1.82, 2.24) is 0 Å². The summed E-state index contributed by atoms with van der Waals surface area (Å²) >= 11 is 0. The predicted molar refractivity (Wildman–Crippen MR) is 125 cm³/mol. The van der Waals surface area contributed by atoms with Gasteiger partial charge in [-0.25, -0.2) is 9.69 Å². The summed E-state index contributed by atoms with van der Waals surface area (Å²) in [6.07, 6.45) is 1.27. The molecular formula is C26H22N2O5. The van der Waals surface area contributed by atoms with Crippen LogP contribution in [0.4, 0.5) is 11.4 Å². The van der Waals surface area contributed by atoms with Gasteiger partial charge in [0, 0.05) is 17.3 Å². The van der Waals surface area contributed by atoms with Crippen LogP contribution in [0.3, 0.4) is 0 Å². The second-order valence-corrected chi connectivity index (χ2v) is 7.96. The van der Waals surface area contributed by atoms with E-state index in [1.807, 2.05) is 38.1 Å². The number of phenols is 1. The van der Waals surface area contributed by atoms with E-state index in [4.69, 9.17) is 0 Å². The lowest BCUT2D eigenvalue weighted by molar-refractivity contribution is -0.120. The number of aryl methyl sites for hydroxylation is 2. The molecule has 166 valence electrons. The van der Waals surface area contributed by atoms with E-state index < -0.39 is 17.8 Å². The maximum atomic E-state index is 12.9. The highest BCUT2D eigenvalue weighted by Crippen LogP contribution is 2.36. The summed E-state index contributed by atoms with van der Waals surface area (Å²) in [7, 11) is 0. The number of carbonyl (C=O) groups excluding carboxylic acids is 2. The molecule has 0 spiro atoms. The molecule has 7 nitrogen and oxygen atoms in total. The van der Waals surface area contributed by atoms with Gasteiger partial charge in [-0.2, -0.15) is 0 Å². The number of benzene rings is 3. The van der Waals surface area contributed by atoms with Gasteiger partial charge in [0.2, 0.25) is 5.91 Å². The van der Waals surface area contributed by atoms with Crippen molar-refractivity contribution in [3.8, 4) is 16.9 Å². The zero-order valence-electron chi connectivity index (χ0n) is 18.1. The number of nitrogens with zero attached hydrogens (tertiary/aromatic N) is 1. The van der Waals surface area contributed by atoms with Gasteiger partial charge >= 0.3 is 5.97 Å². The van der Waals surface area contributed by atoms with E-state index in [-0.39, 0.29) is 29.0 Å². The lowest BCUT2D eigenvalue weighted by Gasteiger charge is -2.14. The fourth-order valence-corrected chi connectivity index (χ4v) is 3.91. The summed E-state index contributed by atoms with van der Waals surface area (Å²) in [6, 6.07) is 16.9. The highest BCUT2D eigenvalue weighted by atomic mass is 16.4. The molecule has 1 heterocycles. The van der Waals surface area contributed by atoms with E-state index in [2.05, 4.69) is 5.32 Å². The van der Waals surface area contributed by atoms with Gasteiger partial charge in [0.1, 0.15) is 5.75 Å². The van der Waals surface area contributed by atoms with Crippen molar-refractivity contribution in [3.63, 3.8) is 0 Å². The molecule has 3 aromatic rings. The number of anilines is 2. The molecule has 0 bridgehead atoms. The van der Waals surface area contributed by atoms with Crippen LogP contribution in [0.5, 0.6) is 5.75 Å². The largest absolute Gasteiger partial charge is 0.505 e. The van der Waals surface area contributed by atoms with Gasteiger partial charge in [-0.3, -0.25) is 9.59 Å². The number of carboxylic acids is 1. The van der Waals surface area contributed by atoms with Gasteiger partial charge in [-0.1, -0.05) is 47.5 Å². The maximum Gasteiger partial charge on any atom is 0.335 e. The molecule has 0 unspecified atom stereocenters. The smallest absolute Gasteiger partial charge is 0.335 e. The number of hydrogen-bond acceptors (Lipinski definition) is 5. The standard InChI is InChI=1S/C26H22N2O5/c1-15-9-16(2)11-18(10-15)21-7-4-8-22(24(21)30)27-14-19-13-23(29)28(25(19)31)20-6-3-5-17(12-20)26(32)33/h3-12,14,27,30H,13H2,1-2H3,(H,32,33)/b19-14+. The third-order valence-electron chi connectivity index (χ3n) is 5.39. The molecule has 2 amide bonds. The summed E-state index contributed by atoms with van der Waals surface area (Å²) in [5.74, 6) is -2.11. The molecule has 33 heavy (non-hydrogen) atoms. The molecule has 4 rings (SSSR count). The second kappa shape index (κ2) is 8.63.